The van der Waals surface area contributed by atoms with Crippen molar-refractivity contribution in [3.05, 3.63) is 53.5 Å². The van der Waals surface area contributed by atoms with E-state index in [2.05, 4.69) is 35.1 Å². The van der Waals surface area contributed by atoms with Crippen LogP contribution in [0.4, 0.5) is 0 Å². The summed E-state index contributed by atoms with van der Waals surface area (Å²) in [5.41, 5.74) is 1.08. The first-order valence-corrected chi connectivity index (χ1v) is 8.51. The summed E-state index contributed by atoms with van der Waals surface area (Å²) in [6.07, 6.45) is 0.0456. The topological polar surface area (TPSA) is 34.6 Å². The third-order valence-electron chi connectivity index (χ3n) is 3.83. The summed E-state index contributed by atoms with van der Waals surface area (Å²) >= 11 is 1.75. The fraction of sp³-hybridized carbons (Fsp3) is 0.278. The maximum absolute atomic E-state index is 6.02. The second kappa shape index (κ2) is 6.18. The largest absolute Gasteiger partial charge is 0.486 e. The first-order chi connectivity index (χ1) is 11.3. The van der Waals surface area contributed by atoms with Crippen molar-refractivity contribution < 1.29 is 9.47 Å². The molecule has 0 aliphatic carbocycles. The average molecular weight is 326 g/mol. The predicted octanol–water partition coefficient (Wildman–Crippen LogP) is 3.57. The molecule has 3 aromatic rings. The summed E-state index contributed by atoms with van der Waals surface area (Å²) in [6.45, 7) is 2.21. The van der Waals surface area contributed by atoms with Crippen LogP contribution in [0, 0.1) is 0 Å². The van der Waals surface area contributed by atoms with Gasteiger partial charge >= 0.3 is 0 Å². The zero-order valence-corrected chi connectivity index (χ0v) is 13.8. The molecule has 0 amide bonds. The summed E-state index contributed by atoms with van der Waals surface area (Å²) < 4.78 is 13.0. The van der Waals surface area contributed by atoms with E-state index in [1.54, 1.807) is 11.3 Å². The second-order valence-corrected chi connectivity index (χ2v) is 6.88. The Kier molecular flexibility index (Phi) is 3.89. The molecule has 2 aromatic carbocycles. The number of fused-ring (bicyclic) bond motifs is 2. The zero-order valence-electron chi connectivity index (χ0n) is 12.9. The van der Waals surface area contributed by atoms with Crippen molar-refractivity contribution in [2.24, 2.45) is 0 Å². The monoisotopic (exact) mass is 326 g/mol. The number of aromatic nitrogens is 1. The van der Waals surface area contributed by atoms with Crippen LogP contribution < -0.4 is 9.47 Å². The molecular formula is C18H18N2O2S. The average Bonchev–Trinajstić information content (AvgIpc) is 2.96. The lowest BCUT2D eigenvalue weighted by Crippen LogP contribution is -2.39. The Bertz CT molecular complexity index is 784. The van der Waals surface area contributed by atoms with Crippen LogP contribution in [-0.2, 0) is 6.54 Å². The molecule has 1 aliphatic heterocycles. The molecule has 23 heavy (non-hydrogen) atoms. The van der Waals surface area contributed by atoms with Gasteiger partial charge in [-0.15, -0.1) is 11.3 Å². The number of hydrogen-bond acceptors (Lipinski definition) is 5. The molecule has 4 nitrogen and oxygen atoms in total. The predicted molar refractivity (Wildman–Crippen MR) is 92.3 cm³/mol. The zero-order chi connectivity index (χ0) is 15.6. The molecule has 0 bridgehead atoms. The highest BCUT2D eigenvalue weighted by Crippen LogP contribution is 2.31. The highest BCUT2D eigenvalue weighted by molar-refractivity contribution is 7.18. The summed E-state index contributed by atoms with van der Waals surface area (Å²) in [5, 5.41) is 1.13. The number of hydrogen-bond donors (Lipinski definition) is 0. The van der Waals surface area contributed by atoms with E-state index >= 15 is 0 Å². The van der Waals surface area contributed by atoms with Crippen molar-refractivity contribution >= 4 is 21.6 Å². The van der Waals surface area contributed by atoms with Gasteiger partial charge in [-0.1, -0.05) is 24.3 Å². The van der Waals surface area contributed by atoms with Crippen molar-refractivity contribution in [1.82, 2.24) is 9.88 Å². The highest BCUT2D eigenvalue weighted by atomic mass is 32.1. The number of para-hydroxylation sites is 3. The molecule has 0 saturated heterocycles. The lowest BCUT2D eigenvalue weighted by Gasteiger charge is -2.29. The lowest BCUT2D eigenvalue weighted by molar-refractivity contribution is 0.0638. The second-order valence-electron chi connectivity index (χ2n) is 5.77. The Balaban J connectivity index is 1.39. The van der Waals surface area contributed by atoms with Crippen LogP contribution in [-0.4, -0.2) is 36.2 Å². The maximum Gasteiger partial charge on any atom is 0.161 e. The van der Waals surface area contributed by atoms with Crippen LogP contribution in [0.5, 0.6) is 11.5 Å². The summed E-state index contributed by atoms with van der Waals surface area (Å²) in [4.78, 5) is 6.92. The van der Waals surface area contributed by atoms with Crippen molar-refractivity contribution in [3.8, 4) is 11.5 Å². The number of benzene rings is 2. The fourth-order valence-electron chi connectivity index (χ4n) is 2.78. The molecule has 1 unspecified atom stereocenters. The summed E-state index contributed by atoms with van der Waals surface area (Å²) in [5.74, 6) is 1.66. The van der Waals surface area contributed by atoms with Crippen molar-refractivity contribution in [2.75, 3.05) is 20.2 Å². The van der Waals surface area contributed by atoms with Gasteiger partial charge in [-0.2, -0.15) is 0 Å². The number of ether oxygens (including phenoxy) is 2. The van der Waals surface area contributed by atoms with Gasteiger partial charge in [-0.3, -0.25) is 4.90 Å². The minimum absolute atomic E-state index is 0.0456. The molecule has 118 valence electrons. The molecule has 0 spiro atoms. The Labute approximate surface area is 139 Å². The van der Waals surface area contributed by atoms with Gasteiger partial charge in [-0.25, -0.2) is 4.98 Å². The van der Waals surface area contributed by atoms with Gasteiger partial charge in [0.2, 0.25) is 0 Å². The van der Waals surface area contributed by atoms with E-state index in [0.717, 1.165) is 35.1 Å². The molecule has 1 aromatic heterocycles. The van der Waals surface area contributed by atoms with Crippen molar-refractivity contribution in [3.63, 3.8) is 0 Å². The molecular weight excluding hydrogens is 308 g/mol. The SMILES string of the molecule is CN(Cc1nc2ccccc2s1)CC1COc2ccccc2O1. The summed E-state index contributed by atoms with van der Waals surface area (Å²) in [6, 6.07) is 16.1. The van der Waals surface area contributed by atoms with E-state index in [-0.39, 0.29) is 6.10 Å². The number of thiazole rings is 1. The molecule has 5 heteroatoms. The van der Waals surface area contributed by atoms with E-state index < -0.39 is 0 Å². The van der Waals surface area contributed by atoms with E-state index in [9.17, 15) is 0 Å². The van der Waals surface area contributed by atoms with Crippen LogP contribution in [0.15, 0.2) is 48.5 Å². The van der Waals surface area contributed by atoms with E-state index in [1.807, 2.05) is 30.3 Å². The maximum atomic E-state index is 6.02. The molecule has 0 N–H and O–H groups in total. The van der Waals surface area contributed by atoms with Gasteiger partial charge in [0.15, 0.2) is 11.5 Å². The molecule has 0 fully saturated rings. The third kappa shape index (κ3) is 3.16. The normalized spacial score (nSPS) is 16.9. The Hall–Kier alpha value is -2.11. The van der Waals surface area contributed by atoms with Gasteiger partial charge < -0.3 is 9.47 Å². The minimum atomic E-state index is 0.0456. The number of likely N-dealkylation sites (N-methyl/N-ethyl adjacent to an activating group) is 1. The summed E-state index contributed by atoms with van der Waals surface area (Å²) in [7, 11) is 2.09. The van der Waals surface area contributed by atoms with Gasteiger partial charge in [0.1, 0.15) is 17.7 Å². The van der Waals surface area contributed by atoms with Crippen molar-refractivity contribution in [2.45, 2.75) is 12.6 Å². The van der Waals surface area contributed by atoms with Gasteiger partial charge in [0.25, 0.3) is 0 Å². The third-order valence-corrected chi connectivity index (χ3v) is 4.85. The number of nitrogens with zero attached hydrogens (tertiary/aromatic N) is 2. The smallest absolute Gasteiger partial charge is 0.161 e. The van der Waals surface area contributed by atoms with Gasteiger partial charge in [0.05, 0.1) is 16.8 Å². The standard InChI is InChI=1S/C18H18N2O2S/c1-20(11-18-19-14-6-2-5-9-17(14)23-18)10-13-12-21-15-7-3-4-8-16(15)22-13/h2-9,13H,10-12H2,1H3. The van der Waals surface area contributed by atoms with Crippen LogP contribution in [0.1, 0.15) is 5.01 Å². The first-order valence-electron chi connectivity index (χ1n) is 7.69. The Morgan fingerprint density at radius 3 is 2.78 bits per heavy atom. The number of rotatable bonds is 4. The first kappa shape index (κ1) is 14.5. The molecule has 1 atom stereocenters. The molecule has 1 aliphatic rings. The minimum Gasteiger partial charge on any atom is -0.486 e. The highest BCUT2D eigenvalue weighted by Gasteiger charge is 2.22. The fourth-order valence-corrected chi connectivity index (χ4v) is 3.83. The van der Waals surface area contributed by atoms with E-state index in [0.29, 0.717) is 6.61 Å². The van der Waals surface area contributed by atoms with Crippen LogP contribution in [0.2, 0.25) is 0 Å². The van der Waals surface area contributed by atoms with E-state index in [1.165, 1.54) is 4.70 Å². The lowest BCUT2D eigenvalue weighted by atomic mass is 10.2. The van der Waals surface area contributed by atoms with Crippen molar-refractivity contribution in [1.29, 1.82) is 0 Å². The molecule has 0 saturated carbocycles. The quantitative estimate of drug-likeness (QED) is 0.734. The molecule has 4 rings (SSSR count). The van der Waals surface area contributed by atoms with Crippen LogP contribution in [0.25, 0.3) is 10.2 Å². The van der Waals surface area contributed by atoms with Gasteiger partial charge in [-0.05, 0) is 31.3 Å². The van der Waals surface area contributed by atoms with E-state index in [4.69, 9.17) is 9.47 Å². The van der Waals surface area contributed by atoms with Crippen LogP contribution in [0.3, 0.4) is 0 Å². The van der Waals surface area contributed by atoms with Crippen LogP contribution >= 0.6 is 11.3 Å². The molecule has 2 heterocycles. The molecule has 0 radical (unpaired) electrons. The Morgan fingerprint density at radius 2 is 1.91 bits per heavy atom. The Morgan fingerprint density at radius 1 is 1.13 bits per heavy atom. The van der Waals surface area contributed by atoms with Gasteiger partial charge in [0, 0.05) is 6.54 Å².